The number of non-ortho nitro benzene ring substituents is 1. The van der Waals surface area contributed by atoms with E-state index in [1.165, 1.54) is 19.1 Å². The summed E-state index contributed by atoms with van der Waals surface area (Å²) in [4.78, 5) is 21.2. The Morgan fingerprint density at radius 1 is 1.47 bits per heavy atom. The molecular formula is C11H14N2O3S. The van der Waals surface area contributed by atoms with E-state index in [4.69, 9.17) is 0 Å². The zero-order chi connectivity index (χ0) is 12.8. The van der Waals surface area contributed by atoms with Gasteiger partial charge in [0.15, 0.2) is 0 Å². The number of carbonyl (C=O) groups excluding carboxylic acids is 1. The molecule has 0 unspecified atom stereocenters. The number of nitro groups is 1. The molecule has 0 fully saturated rings. The van der Waals surface area contributed by atoms with Gasteiger partial charge in [-0.3, -0.25) is 14.9 Å². The first kappa shape index (κ1) is 13.5. The number of rotatable bonds is 5. The molecule has 0 spiro atoms. The minimum Gasteiger partial charge on any atom is -0.326 e. The molecule has 17 heavy (non-hydrogen) atoms. The monoisotopic (exact) mass is 254 g/mol. The highest BCUT2D eigenvalue weighted by molar-refractivity contribution is 7.98. The van der Waals surface area contributed by atoms with E-state index >= 15 is 0 Å². The van der Waals surface area contributed by atoms with Crippen LogP contribution < -0.4 is 5.32 Å². The molecular weight excluding hydrogens is 240 g/mol. The van der Waals surface area contributed by atoms with E-state index in [1.54, 1.807) is 17.8 Å². The molecule has 1 aromatic rings. The van der Waals surface area contributed by atoms with E-state index in [1.807, 2.05) is 6.92 Å². The van der Waals surface area contributed by atoms with Gasteiger partial charge in [-0.1, -0.05) is 6.92 Å². The summed E-state index contributed by atoms with van der Waals surface area (Å²) in [5.41, 5.74) is 1.32. The molecule has 0 heterocycles. The van der Waals surface area contributed by atoms with Crippen molar-refractivity contribution in [3.05, 3.63) is 33.9 Å². The van der Waals surface area contributed by atoms with Crippen LogP contribution in [-0.4, -0.2) is 16.6 Å². The lowest BCUT2D eigenvalue weighted by Gasteiger charge is -2.05. The van der Waals surface area contributed by atoms with Gasteiger partial charge < -0.3 is 5.32 Å². The Hall–Kier alpha value is -1.56. The number of hydrogen-bond donors (Lipinski definition) is 1. The maximum atomic E-state index is 10.9. The van der Waals surface area contributed by atoms with Gasteiger partial charge in [-0.2, -0.15) is 11.8 Å². The summed E-state index contributed by atoms with van der Waals surface area (Å²) >= 11 is 1.67. The van der Waals surface area contributed by atoms with Gasteiger partial charge in [-0.05, 0) is 17.4 Å². The molecule has 0 aromatic heterocycles. The van der Waals surface area contributed by atoms with Crippen LogP contribution in [-0.2, 0) is 10.5 Å². The summed E-state index contributed by atoms with van der Waals surface area (Å²) in [6, 6.07) is 4.66. The summed E-state index contributed by atoms with van der Waals surface area (Å²) in [6.07, 6.45) is 0. The third-order valence-electron chi connectivity index (χ3n) is 1.98. The Bertz CT molecular complexity index is 435. The van der Waals surface area contributed by atoms with Crippen LogP contribution in [0.15, 0.2) is 18.2 Å². The first-order valence-electron chi connectivity index (χ1n) is 5.16. The van der Waals surface area contributed by atoms with Crippen molar-refractivity contribution in [2.45, 2.75) is 19.6 Å². The second kappa shape index (κ2) is 6.24. The van der Waals surface area contributed by atoms with Crippen LogP contribution in [0.4, 0.5) is 11.4 Å². The van der Waals surface area contributed by atoms with E-state index in [-0.39, 0.29) is 11.6 Å². The highest BCUT2D eigenvalue weighted by Crippen LogP contribution is 2.23. The van der Waals surface area contributed by atoms with Gasteiger partial charge in [-0.15, -0.1) is 0 Å². The highest BCUT2D eigenvalue weighted by atomic mass is 32.2. The number of thioether (sulfide) groups is 1. The Morgan fingerprint density at radius 3 is 2.71 bits per heavy atom. The van der Waals surface area contributed by atoms with E-state index in [2.05, 4.69) is 5.32 Å². The van der Waals surface area contributed by atoms with E-state index in [0.717, 1.165) is 11.3 Å². The van der Waals surface area contributed by atoms with E-state index in [0.29, 0.717) is 11.4 Å². The predicted octanol–water partition coefficient (Wildman–Crippen LogP) is 2.81. The third-order valence-corrected chi connectivity index (χ3v) is 2.93. The smallest absolute Gasteiger partial charge is 0.271 e. The molecule has 0 saturated carbocycles. The normalized spacial score (nSPS) is 10.0. The molecule has 0 saturated heterocycles. The fourth-order valence-electron chi connectivity index (χ4n) is 1.36. The molecule has 1 rings (SSSR count). The van der Waals surface area contributed by atoms with Gasteiger partial charge in [0.05, 0.1) is 4.92 Å². The molecule has 0 radical (unpaired) electrons. The number of anilines is 1. The van der Waals surface area contributed by atoms with Gasteiger partial charge in [0.25, 0.3) is 5.69 Å². The summed E-state index contributed by atoms with van der Waals surface area (Å²) in [5, 5.41) is 13.3. The van der Waals surface area contributed by atoms with Crippen molar-refractivity contribution in [2.75, 3.05) is 11.1 Å². The Morgan fingerprint density at radius 2 is 2.18 bits per heavy atom. The van der Waals surface area contributed by atoms with Crippen LogP contribution in [0.2, 0.25) is 0 Å². The molecule has 6 heteroatoms. The van der Waals surface area contributed by atoms with Crippen molar-refractivity contribution in [3.63, 3.8) is 0 Å². The molecule has 1 aromatic carbocycles. The van der Waals surface area contributed by atoms with Crippen LogP contribution in [0.3, 0.4) is 0 Å². The molecule has 0 aliphatic heterocycles. The first-order chi connectivity index (χ1) is 8.02. The number of amides is 1. The Labute approximate surface area is 104 Å². The van der Waals surface area contributed by atoms with Crippen molar-refractivity contribution >= 4 is 29.0 Å². The number of nitrogens with one attached hydrogen (secondary N) is 1. The number of benzene rings is 1. The SMILES string of the molecule is CCSCc1cc(NC(C)=O)cc([N+](=O)[O-])c1. The minimum atomic E-state index is -0.453. The fourth-order valence-corrected chi connectivity index (χ4v) is 1.96. The number of nitrogens with zero attached hydrogens (tertiary/aromatic N) is 1. The van der Waals surface area contributed by atoms with Crippen LogP contribution in [0.25, 0.3) is 0 Å². The van der Waals surface area contributed by atoms with Gasteiger partial charge in [0.2, 0.25) is 5.91 Å². The lowest BCUT2D eigenvalue weighted by atomic mass is 10.2. The molecule has 0 aliphatic rings. The van der Waals surface area contributed by atoms with Crippen molar-refractivity contribution in [3.8, 4) is 0 Å². The largest absolute Gasteiger partial charge is 0.326 e. The second-order valence-electron chi connectivity index (χ2n) is 3.46. The topological polar surface area (TPSA) is 72.2 Å². The summed E-state index contributed by atoms with van der Waals surface area (Å²) < 4.78 is 0. The van der Waals surface area contributed by atoms with Crippen molar-refractivity contribution in [1.82, 2.24) is 0 Å². The van der Waals surface area contributed by atoms with Crippen LogP contribution in [0, 0.1) is 10.1 Å². The third kappa shape index (κ3) is 4.44. The van der Waals surface area contributed by atoms with E-state index in [9.17, 15) is 14.9 Å². The summed E-state index contributed by atoms with van der Waals surface area (Å²) in [7, 11) is 0. The molecule has 5 nitrogen and oxygen atoms in total. The minimum absolute atomic E-state index is 0.00273. The Kier molecular flexibility index (Phi) is 4.96. The molecule has 1 N–H and O–H groups in total. The van der Waals surface area contributed by atoms with Gasteiger partial charge >= 0.3 is 0 Å². The standard InChI is InChI=1S/C11H14N2O3S/c1-3-17-7-9-4-10(12-8(2)14)6-11(5-9)13(15)16/h4-6H,3,7H2,1-2H3,(H,12,14). The Balaban J connectivity index is 3.00. The molecule has 0 bridgehead atoms. The van der Waals surface area contributed by atoms with Crippen molar-refractivity contribution < 1.29 is 9.72 Å². The van der Waals surface area contributed by atoms with Crippen LogP contribution in [0.5, 0.6) is 0 Å². The zero-order valence-electron chi connectivity index (χ0n) is 9.73. The maximum absolute atomic E-state index is 10.9. The quantitative estimate of drug-likeness (QED) is 0.647. The lowest BCUT2D eigenvalue weighted by Crippen LogP contribution is -2.06. The molecule has 92 valence electrons. The lowest BCUT2D eigenvalue weighted by molar-refractivity contribution is -0.384. The van der Waals surface area contributed by atoms with Crippen molar-refractivity contribution in [2.24, 2.45) is 0 Å². The number of nitro benzene ring substituents is 1. The zero-order valence-corrected chi connectivity index (χ0v) is 10.5. The van der Waals surface area contributed by atoms with Gasteiger partial charge in [0, 0.05) is 30.5 Å². The van der Waals surface area contributed by atoms with Crippen LogP contribution >= 0.6 is 11.8 Å². The number of hydrogen-bond acceptors (Lipinski definition) is 4. The van der Waals surface area contributed by atoms with Crippen molar-refractivity contribution in [1.29, 1.82) is 0 Å². The van der Waals surface area contributed by atoms with Crippen LogP contribution in [0.1, 0.15) is 19.4 Å². The predicted molar refractivity (Wildman–Crippen MR) is 69.2 cm³/mol. The summed E-state index contributed by atoms with van der Waals surface area (Å²) in [5.74, 6) is 1.41. The maximum Gasteiger partial charge on any atom is 0.271 e. The number of carbonyl (C=O) groups is 1. The molecule has 0 atom stereocenters. The highest BCUT2D eigenvalue weighted by Gasteiger charge is 2.10. The average molecular weight is 254 g/mol. The summed E-state index contributed by atoms with van der Waals surface area (Å²) in [6.45, 7) is 3.40. The molecule has 1 amide bonds. The first-order valence-corrected chi connectivity index (χ1v) is 6.32. The van der Waals surface area contributed by atoms with E-state index < -0.39 is 4.92 Å². The average Bonchev–Trinajstić information content (AvgIpc) is 2.25. The van der Waals surface area contributed by atoms with Gasteiger partial charge in [0.1, 0.15) is 0 Å². The van der Waals surface area contributed by atoms with Gasteiger partial charge in [-0.25, -0.2) is 0 Å². The fraction of sp³-hybridized carbons (Fsp3) is 0.364. The second-order valence-corrected chi connectivity index (χ2v) is 4.74. The molecule has 0 aliphatic carbocycles.